The second-order valence-corrected chi connectivity index (χ2v) is 16.9. The first-order chi connectivity index (χ1) is 25.1. The highest BCUT2D eigenvalue weighted by Crippen LogP contribution is 2.44. The fourth-order valence-corrected chi connectivity index (χ4v) is 9.62. The van der Waals surface area contributed by atoms with Gasteiger partial charge >= 0.3 is 0 Å². The summed E-state index contributed by atoms with van der Waals surface area (Å²) in [6.07, 6.45) is 11.3. The first-order valence-corrected chi connectivity index (χ1v) is 19.5. The second-order valence-electron chi connectivity index (χ2n) is 16.9. The zero-order valence-electron chi connectivity index (χ0n) is 30.5. The number of carbonyl (C=O) groups is 3. The van der Waals surface area contributed by atoms with Crippen LogP contribution in [0.4, 0.5) is 17.2 Å². The quantitative estimate of drug-likeness (QED) is 0.228. The summed E-state index contributed by atoms with van der Waals surface area (Å²) < 4.78 is 0. The minimum absolute atomic E-state index is 0.137. The summed E-state index contributed by atoms with van der Waals surface area (Å²) in [4.78, 5) is 55.2. The Morgan fingerprint density at radius 2 is 1.60 bits per heavy atom. The van der Waals surface area contributed by atoms with Gasteiger partial charge in [0.15, 0.2) is 0 Å². The minimum atomic E-state index is -0.251. The summed E-state index contributed by atoms with van der Waals surface area (Å²) in [5.74, 6) is 1.55. The van der Waals surface area contributed by atoms with Crippen LogP contribution in [-0.4, -0.2) is 82.1 Å². The number of fused-ring (bicyclic) bond motifs is 2. The number of anilines is 3. The molecule has 1 aliphatic carbocycles. The zero-order chi connectivity index (χ0) is 35.6. The van der Waals surface area contributed by atoms with Crippen LogP contribution in [0.25, 0.3) is 22.3 Å². The molecule has 4 aliphatic heterocycles. The van der Waals surface area contributed by atoms with E-state index in [1.807, 2.05) is 17.0 Å². The van der Waals surface area contributed by atoms with E-state index in [1.54, 1.807) is 6.20 Å². The fourth-order valence-electron chi connectivity index (χ4n) is 9.62. The number of benzene rings is 1. The Balaban J connectivity index is 0.783. The summed E-state index contributed by atoms with van der Waals surface area (Å²) >= 11 is 0. The van der Waals surface area contributed by atoms with E-state index >= 15 is 0 Å². The Labute approximate surface area is 305 Å². The Morgan fingerprint density at radius 3 is 2.35 bits per heavy atom. The SMILES string of the molecule is CC1(C)CCc2c(-c3cc4ccc(N5CCC6(CCN(CC7CCN(c8ccc(N9C(=O)CCCC9=O)cn8)CC7)CC6)C5=O)cc4[nH]3)n[nH]c2C1. The standard InChI is InChI=1S/C41H50N8O3/c1-40(2)13-10-31-34(24-40)44-45-38(31)33-22-28-6-7-29(23-32(28)43-33)48-21-16-41(39(48)52)14-19-46(20-15-41)26-27-11-17-47(18-12-27)35-9-8-30(25-42-35)49-36(50)4-3-5-37(49)51/h6-9,22-23,25,27,43H,3-5,10-21,24,26H2,1-2H3,(H,44,45). The molecule has 0 atom stereocenters. The van der Waals surface area contributed by atoms with Crippen LogP contribution in [0.15, 0.2) is 42.6 Å². The lowest BCUT2D eigenvalue weighted by Crippen LogP contribution is -2.47. The van der Waals surface area contributed by atoms with Crippen molar-refractivity contribution in [2.24, 2.45) is 16.7 Å². The Hall–Kier alpha value is -4.51. The number of aromatic amines is 2. The lowest BCUT2D eigenvalue weighted by atomic mass is 9.76. The van der Waals surface area contributed by atoms with Crippen molar-refractivity contribution in [2.45, 2.75) is 84.5 Å². The molecule has 0 unspecified atom stereocenters. The molecule has 4 aromatic rings. The van der Waals surface area contributed by atoms with Gasteiger partial charge in [-0.25, -0.2) is 9.88 Å². The number of pyridine rings is 1. The van der Waals surface area contributed by atoms with Gasteiger partial charge in [0.05, 0.1) is 23.0 Å². The van der Waals surface area contributed by atoms with Crippen LogP contribution in [0.2, 0.25) is 0 Å². The number of nitrogens with zero attached hydrogens (tertiary/aromatic N) is 6. The van der Waals surface area contributed by atoms with Crippen molar-refractivity contribution in [3.63, 3.8) is 0 Å². The maximum atomic E-state index is 14.1. The first kappa shape index (κ1) is 33.3. The number of imide groups is 1. The summed E-state index contributed by atoms with van der Waals surface area (Å²) in [7, 11) is 0. The van der Waals surface area contributed by atoms with Gasteiger partial charge in [-0.3, -0.25) is 19.5 Å². The molecule has 0 saturated carbocycles. The molecule has 0 radical (unpaired) electrons. The van der Waals surface area contributed by atoms with Gasteiger partial charge in [-0.1, -0.05) is 19.9 Å². The third-order valence-electron chi connectivity index (χ3n) is 12.9. The smallest absolute Gasteiger partial charge is 0.233 e. The molecule has 3 aromatic heterocycles. The number of hydrogen-bond donors (Lipinski definition) is 2. The zero-order valence-corrected chi connectivity index (χ0v) is 30.5. The van der Waals surface area contributed by atoms with Crippen LogP contribution >= 0.6 is 0 Å². The number of H-pyrrole nitrogens is 2. The number of likely N-dealkylation sites (tertiary alicyclic amines) is 1. The van der Waals surface area contributed by atoms with Gasteiger partial charge < -0.3 is 19.7 Å². The van der Waals surface area contributed by atoms with Crippen LogP contribution < -0.4 is 14.7 Å². The predicted octanol–water partition coefficient (Wildman–Crippen LogP) is 6.25. The molecule has 272 valence electrons. The summed E-state index contributed by atoms with van der Waals surface area (Å²) in [5, 5.41) is 9.19. The molecule has 11 nitrogen and oxygen atoms in total. The van der Waals surface area contributed by atoms with E-state index < -0.39 is 0 Å². The highest BCUT2D eigenvalue weighted by molar-refractivity contribution is 6.16. The molecule has 1 aromatic carbocycles. The maximum absolute atomic E-state index is 14.1. The van der Waals surface area contributed by atoms with Crippen LogP contribution in [-0.2, 0) is 27.2 Å². The van der Waals surface area contributed by atoms with E-state index in [9.17, 15) is 14.4 Å². The van der Waals surface area contributed by atoms with E-state index in [0.717, 1.165) is 124 Å². The lowest BCUT2D eigenvalue weighted by Gasteiger charge is -2.41. The van der Waals surface area contributed by atoms with Crippen molar-refractivity contribution in [1.29, 1.82) is 0 Å². The van der Waals surface area contributed by atoms with Crippen LogP contribution in [0.1, 0.15) is 82.9 Å². The van der Waals surface area contributed by atoms with Crippen molar-refractivity contribution in [3.8, 4) is 11.4 Å². The largest absolute Gasteiger partial charge is 0.357 e. The van der Waals surface area contributed by atoms with Crippen molar-refractivity contribution < 1.29 is 14.4 Å². The van der Waals surface area contributed by atoms with Crippen LogP contribution in [0, 0.1) is 16.7 Å². The molecule has 3 amide bonds. The fraction of sp³-hybridized carbons (Fsp3) is 0.537. The second kappa shape index (κ2) is 12.9. The van der Waals surface area contributed by atoms with Gasteiger partial charge in [0.1, 0.15) is 11.5 Å². The Kier molecular flexibility index (Phi) is 8.24. The van der Waals surface area contributed by atoms with Gasteiger partial charge in [-0.2, -0.15) is 5.10 Å². The average Bonchev–Trinajstić information content (AvgIpc) is 3.84. The Morgan fingerprint density at radius 1 is 0.846 bits per heavy atom. The van der Waals surface area contributed by atoms with E-state index in [4.69, 9.17) is 5.10 Å². The third kappa shape index (κ3) is 6.00. The van der Waals surface area contributed by atoms with Crippen molar-refractivity contribution in [2.75, 3.05) is 54.0 Å². The number of nitrogens with one attached hydrogen (secondary N) is 2. The number of aromatic nitrogens is 4. The monoisotopic (exact) mass is 702 g/mol. The summed E-state index contributed by atoms with van der Waals surface area (Å²) in [6, 6.07) is 12.4. The highest BCUT2D eigenvalue weighted by atomic mass is 16.2. The number of amides is 3. The van der Waals surface area contributed by atoms with E-state index in [-0.39, 0.29) is 17.2 Å². The first-order valence-electron chi connectivity index (χ1n) is 19.5. The van der Waals surface area contributed by atoms with Crippen molar-refractivity contribution in [3.05, 3.63) is 53.9 Å². The molecule has 4 saturated heterocycles. The predicted molar refractivity (Wildman–Crippen MR) is 202 cm³/mol. The summed E-state index contributed by atoms with van der Waals surface area (Å²) in [5.41, 5.74) is 7.34. The van der Waals surface area contributed by atoms with Crippen molar-refractivity contribution >= 4 is 45.8 Å². The molecule has 7 heterocycles. The Bertz CT molecular complexity index is 2000. The van der Waals surface area contributed by atoms with Gasteiger partial charge in [0.2, 0.25) is 17.7 Å². The number of carbonyl (C=O) groups excluding carboxylic acids is 3. The number of hydrogen-bond acceptors (Lipinski definition) is 7. The third-order valence-corrected chi connectivity index (χ3v) is 12.9. The molecule has 9 rings (SSSR count). The molecular formula is C41H50N8O3. The maximum Gasteiger partial charge on any atom is 0.233 e. The van der Waals surface area contributed by atoms with E-state index in [2.05, 4.69) is 63.0 Å². The lowest BCUT2D eigenvalue weighted by molar-refractivity contribution is -0.129. The highest BCUT2D eigenvalue weighted by Gasteiger charge is 2.48. The molecular weight excluding hydrogens is 653 g/mol. The van der Waals surface area contributed by atoms with Gasteiger partial charge in [0, 0.05) is 66.9 Å². The molecule has 4 fully saturated rings. The molecule has 52 heavy (non-hydrogen) atoms. The molecule has 1 spiro atoms. The minimum Gasteiger partial charge on any atom is -0.357 e. The molecule has 2 N–H and O–H groups in total. The average molecular weight is 703 g/mol. The molecule has 11 heteroatoms. The van der Waals surface area contributed by atoms with E-state index in [0.29, 0.717) is 42.2 Å². The summed E-state index contributed by atoms with van der Waals surface area (Å²) in [6.45, 7) is 10.3. The van der Waals surface area contributed by atoms with Crippen LogP contribution in [0.5, 0.6) is 0 Å². The van der Waals surface area contributed by atoms with E-state index in [1.165, 1.54) is 16.2 Å². The normalized spacial score (nSPS) is 22.6. The van der Waals surface area contributed by atoms with Gasteiger partial charge in [-0.15, -0.1) is 0 Å². The number of piperidine rings is 3. The van der Waals surface area contributed by atoms with Crippen molar-refractivity contribution in [1.82, 2.24) is 25.1 Å². The number of rotatable bonds is 6. The molecule has 0 bridgehead atoms. The van der Waals surface area contributed by atoms with Gasteiger partial charge in [0.25, 0.3) is 0 Å². The topological polar surface area (TPSA) is 122 Å². The molecule has 5 aliphatic rings. The van der Waals surface area contributed by atoms with Gasteiger partial charge in [-0.05, 0) is 113 Å². The van der Waals surface area contributed by atoms with Crippen LogP contribution in [0.3, 0.4) is 0 Å².